The van der Waals surface area contributed by atoms with Crippen LogP contribution >= 0.6 is 0 Å². The van der Waals surface area contributed by atoms with Crippen molar-refractivity contribution in [2.45, 2.75) is 20.0 Å². The summed E-state index contributed by atoms with van der Waals surface area (Å²) in [7, 11) is 0. The van der Waals surface area contributed by atoms with Gasteiger partial charge in [-0.15, -0.1) is 0 Å². The highest BCUT2D eigenvalue weighted by Crippen LogP contribution is 2.29. The van der Waals surface area contributed by atoms with Gasteiger partial charge in [-0.25, -0.2) is 4.98 Å². The topological polar surface area (TPSA) is 60.2 Å². The number of nitrogens with one attached hydrogen (secondary N) is 1. The molecule has 22 heavy (non-hydrogen) atoms. The fourth-order valence-corrected chi connectivity index (χ4v) is 2.38. The second kappa shape index (κ2) is 5.93. The maximum Gasteiger partial charge on any atom is 0.140 e. The second-order valence-corrected chi connectivity index (χ2v) is 5.42. The quantitative estimate of drug-likeness (QED) is 0.702. The Bertz CT molecular complexity index is 777. The van der Waals surface area contributed by atoms with Crippen molar-refractivity contribution in [2.24, 2.45) is 0 Å². The third-order valence-electron chi connectivity index (χ3n) is 3.31. The zero-order valence-corrected chi connectivity index (χ0v) is 12.7. The molecule has 2 aromatic carbocycles. The van der Waals surface area contributed by atoms with Crippen LogP contribution in [0.2, 0.25) is 0 Å². The fraction of sp³-hybridized carbons (Fsp3) is 0.167. The minimum Gasteiger partial charge on any atom is -0.491 e. The molecule has 0 fully saturated rings. The van der Waals surface area contributed by atoms with Crippen LogP contribution in [0, 0.1) is 0 Å². The molecule has 112 valence electrons. The molecule has 3 N–H and O–H groups in total. The predicted octanol–water partition coefficient (Wildman–Crippen LogP) is 4.35. The molecule has 0 spiro atoms. The molecule has 0 radical (unpaired) electrons. The van der Waals surface area contributed by atoms with Crippen molar-refractivity contribution in [3.8, 4) is 5.75 Å². The van der Waals surface area contributed by atoms with Crippen molar-refractivity contribution in [1.29, 1.82) is 0 Å². The van der Waals surface area contributed by atoms with Crippen LogP contribution in [-0.4, -0.2) is 11.1 Å². The molecule has 0 saturated heterocycles. The molecule has 0 unspecified atom stereocenters. The van der Waals surface area contributed by atoms with Gasteiger partial charge in [0.25, 0.3) is 0 Å². The van der Waals surface area contributed by atoms with Crippen LogP contribution in [0.5, 0.6) is 5.75 Å². The van der Waals surface area contributed by atoms with Crippen LogP contribution in [0.25, 0.3) is 10.8 Å². The lowest BCUT2D eigenvalue weighted by molar-refractivity contribution is 0.242. The number of pyridine rings is 1. The maximum atomic E-state index is 6.09. The summed E-state index contributed by atoms with van der Waals surface area (Å²) in [5.74, 6) is 1.61. The molecule has 1 aromatic heterocycles. The lowest BCUT2D eigenvalue weighted by Crippen LogP contribution is -2.05. The Hall–Kier alpha value is -2.75. The number of ether oxygens (including phenoxy) is 1. The largest absolute Gasteiger partial charge is 0.491 e. The average molecular weight is 293 g/mol. The van der Waals surface area contributed by atoms with E-state index in [-0.39, 0.29) is 6.10 Å². The number of fused-ring (bicyclic) bond motifs is 1. The number of aromatic nitrogens is 1. The highest BCUT2D eigenvalue weighted by Gasteiger charge is 2.06. The first-order valence-electron chi connectivity index (χ1n) is 7.30. The van der Waals surface area contributed by atoms with Crippen molar-refractivity contribution in [3.05, 3.63) is 54.7 Å². The molecule has 4 nitrogen and oxygen atoms in total. The van der Waals surface area contributed by atoms with Gasteiger partial charge in [0.15, 0.2) is 0 Å². The van der Waals surface area contributed by atoms with Gasteiger partial charge >= 0.3 is 0 Å². The molecule has 0 aliphatic rings. The number of rotatable bonds is 4. The van der Waals surface area contributed by atoms with E-state index in [1.165, 1.54) is 0 Å². The summed E-state index contributed by atoms with van der Waals surface area (Å²) in [6, 6.07) is 15.6. The molecule has 0 amide bonds. The van der Waals surface area contributed by atoms with Crippen molar-refractivity contribution >= 4 is 28.0 Å². The van der Waals surface area contributed by atoms with Gasteiger partial charge in [0, 0.05) is 23.0 Å². The summed E-state index contributed by atoms with van der Waals surface area (Å²) in [6.45, 7) is 4.02. The third-order valence-corrected chi connectivity index (χ3v) is 3.31. The number of nitrogens with zero attached hydrogens (tertiary/aromatic N) is 1. The molecule has 0 atom stereocenters. The normalized spacial score (nSPS) is 10.9. The third kappa shape index (κ3) is 2.96. The molecule has 0 bridgehead atoms. The average Bonchev–Trinajstić information content (AvgIpc) is 2.49. The zero-order valence-electron chi connectivity index (χ0n) is 12.7. The zero-order chi connectivity index (χ0) is 15.5. The van der Waals surface area contributed by atoms with E-state index in [0.717, 1.165) is 28.0 Å². The van der Waals surface area contributed by atoms with Gasteiger partial charge in [-0.2, -0.15) is 0 Å². The van der Waals surface area contributed by atoms with Crippen LogP contribution in [0.15, 0.2) is 54.7 Å². The lowest BCUT2D eigenvalue weighted by atomic mass is 10.1. The predicted molar refractivity (Wildman–Crippen MR) is 91.6 cm³/mol. The van der Waals surface area contributed by atoms with E-state index < -0.39 is 0 Å². The molecule has 3 aromatic rings. The molecule has 3 rings (SSSR count). The Balaban J connectivity index is 1.90. The lowest BCUT2D eigenvalue weighted by Gasteiger charge is -2.12. The van der Waals surface area contributed by atoms with E-state index in [9.17, 15) is 0 Å². The van der Waals surface area contributed by atoms with Crippen molar-refractivity contribution in [1.82, 2.24) is 4.98 Å². The minimum absolute atomic E-state index is 0.165. The Morgan fingerprint density at radius 3 is 2.55 bits per heavy atom. The number of benzene rings is 2. The number of anilines is 3. The van der Waals surface area contributed by atoms with Crippen molar-refractivity contribution < 1.29 is 4.74 Å². The Labute approximate surface area is 129 Å². The monoisotopic (exact) mass is 293 g/mol. The van der Waals surface area contributed by atoms with Gasteiger partial charge < -0.3 is 15.8 Å². The van der Waals surface area contributed by atoms with Crippen LogP contribution in [0.4, 0.5) is 17.2 Å². The molecule has 0 saturated carbocycles. The van der Waals surface area contributed by atoms with Crippen LogP contribution < -0.4 is 15.8 Å². The van der Waals surface area contributed by atoms with E-state index >= 15 is 0 Å². The number of hydrogen-bond acceptors (Lipinski definition) is 4. The highest BCUT2D eigenvalue weighted by atomic mass is 16.5. The minimum atomic E-state index is 0.165. The van der Waals surface area contributed by atoms with Gasteiger partial charge in [-0.3, -0.25) is 0 Å². The first-order chi connectivity index (χ1) is 10.6. The van der Waals surface area contributed by atoms with Gasteiger partial charge in [0.1, 0.15) is 11.6 Å². The van der Waals surface area contributed by atoms with Crippen LogP contribution in [-0.2, 0) is 0 Å². The number of nitrogen functional groups attached to an aromatic ring is 1. The molecule has 0 aliphatic carbocycles. The van der Waals surface area contributed by atoms with Gasteiger partial charge in [0.2, 0.25) is 0 Å². The van der Waals surface area contributed by atoms with Crippen molar-refractivity contribution in [3.63, 3.8) is 0 Å². The molecule has 1 heterocycles. The summed E-state index contributed by atoms with van der Waals surface area (Å²) in [6.07, 6.45) is 1.94. The van der Waals surface area contributed by atoms with E-state index in [2.05, 4.69) is 10.3 Å². The number of hydrogen-bond donors (Lipinski definition) is 2. The summed E-state index contributed by atoms with van der Waals surface area (Å²) in [5.41, 5.74) is 7.75. The van der Waals surface area contributed by atoms with Gasteiger partial charge in [-0.1, -0.05) is 12.1 Å². The fourth-order valence-electron chi connectivity index (χ4n) is 2.38. The first kappa shape index (κ1) is 14.2. The smallest absolute Gasteiger partial charge is 0.140 e. The van der Waals surface area contributed by atoms with Crippen LogP contribution in [0.1, 0.15) is 13.8 Å². The second-order valence-electron chi connectivity index (χ2n) is 5.42. The summed E-state index contributed by atoms with van der Waals surface area (Å²) in [4.78, 5) is 4.41. The SMILES string of the molecule is CC(C)Oc1ccc(Nc2nccc3cccc(N)c23)cc1. The maximum absolute atomic E-state index is 6.09. The van der Waals surface area contributed by atoms with Gasteiger partial charge in [-0.05, 0) is 55.6 Å². The highest BCUT2D eigenvalue weighted by molar-refractivity contribution is 6.01. The number of nitrogens with two attached hydrogens (primary N) is 1. The van der Waals surface area contributed by atoms with Crippen molar-refractivity contribution in [2.75, 3.05) is 11.1 Å². The standard InChI is InChI=1S/C18H19N3O/c1-12(2)22-15-8-6-14(7-9-15)21-18-17-13(10-11-20-18)4-3-5-16(17)19/h3-12H,19H2,1-2H3,(H,20,21). The Morgan fingerprint density at radius 1 is 1.05 bits per heavy atom. The van der Waals surface area contributed by atoms with E-state index in [4.69, 9.17) is 10.5 Å². The Kier molecular flexibility index (Phi) is 3.83. The molecular weight excluding hydrogens is 274 g/mol. The van der Waals surface area contributed by atoms with Gasteiger partial charge in [0.05, 0.1) is 6.10 Å². The summed E-state index contributed by atoms with van der Waals surface area (Å²) < 4.78 is 5.65. The summed E-state index contributed by atoms with van der Waals surface area (Å²) in [5, 5.41) is 5.33. The van der Waals surface area contributed by atoms with E-state index in [0.29, 0.717) is 5.69 Å². The summed E-state index contributed by atoms with van der Waals surface area (Å²) >= 11 is 0. The van der Waals surface area contributed by atoms with Crippen LogP contribution in [0.3, 0.4) is 0 Å². The molecular formula is C18H19N3O. The first-order valence-corrected chi connectivity index (χ1v) is 7.30. The van der Waals surface area contributed by atoms with E-state index in [1.54, 1.807) is 6.20 Å². The molecule has 4 heteroatoms. The van der Waals surface area contributed by atoms with E-state index in [1.807, 2.05) is 62.4 Å². The molecule has 0 aliphatic heterocycles. The Morgan fingerprint density at radius 2 is 1.82 bits per heavy atom.